The lowest BCUT2D eigenvalue weighted by Gasteiger charge is -2.21. The summed E-state index contributed by atoms with van der Waals surface area (Å²) in [5.41, 5.74) is 6.63. The number of nitrogens with zero attached hydrogens (tertiary/aromatic N) is 1. The van der Waals surface area contributed by atoms with Gasteiger partial charge in [-0.3, -0.25) is 0 Å². The van der Waals surface area contributed by atoms with Crippen LogP contribution in [0.3, 0.4) is 0 Å². The van der Waals surface area contributed by atoms with Crippen LogP contribution in [0.5, 0.6) is 0 Å². The summed E-state index contributed by atoms with van der Waals surface area (Å²) in [6.07, 6.45) is 1.69. The van der Waals surface area contributed by atoms with Crippen LogP contribution in [0.1, 0.15) is 18.4 Å². The van der Waals surface area contributed by atoms with Crippen LogP contribution in [0.4, 0.5) is 10.1 Å². The third-order valence-electron chi connectivity index (χ3n) is 4.39. The molecule has 0 radical (unpaired) electrons. The molecule has 1 aromatic rings. The molecule has 3 N–H and O–H groups in total. The maximum absolute atomic E-state index is 14.1. The highest BCUT2D eigenvalue weighted by molar-refractivity contribution is 7.80. The molecule has 1 aliphatic carbocycles. The Hall–Kier alpha value is -1.20. The van der Waals surface area contributed by atoms with Crippen LogP contribution in [0, 0.1) is 17.7 Å². The van der Waals surface area contributed by atoms with Crippen LogP contribution in [0.25, 0.3) is 0 Å². The molecule has 3 nitrogen and oxygen atoms in total. The van der Waals surface area contributed by atoms with E-state index in [0.717, 1.165) is 25.9 Å². The largest absolute Gasteiger partial charge is 0.393 e. The van der Waals surface area contributed by atoms with E-state index in [1.807, 2.05) is 4.90 Å². The molecule has 3 atom stereocenters. The summed E-state index contributed by atoms with van der Waals surface area (Å²) in [5.74, 6) is 0.485. The Kier molecular flexibility index (Phi) is 3.19. The van der Waals surface area contributed by atoms with Crippen LogP contribution in [-0.2, 0) is 0 Å². The first-order valence-corrected chi connectivity index (χ1v) is 6.99. The zero-order valence-electron chi connectivity index (χ0n) is 10.6. The van der Waals surface area contributed by atoms with E-state index >= 15 is 0 Å². The Labute approximate surface area is 117 Å². The van der Waals surface area contributed by atoms with Crippen LogP contribution < -0.4 is 10.6 Å². The zero-order valence-corrected chi connectivity index (χ0v) is 11.4. The maximum Gasteiger partial charge on any atom is 0.147 e. The SMILES string of the molecule is NC(=S)c1ccc(N2CC3CCC(O)C3C2)c(F)c1. The molecule has 1 aromatic carbocycles. The molecule has 5 heteroatoms. The molecule has 1 saturated heterocycles. The molecule has 3 unspecified atom stereocenters. The molecule has 0 spiro atoms. The van der Waals surface area contributed by atoms with Crippen molar-refractivity contribution >= 4 is 22.9 Å². The molecular weight excluding hydrogens is 263 g/mol. The van der Waals surface area contributed by atoms with Crippen molar-refractivity contribution < 1.29 is 9.50 Å². The predicted octanol–water partition coefficient (Wildman–Crippen LogP) is 1.67. The van der Waals surface area contributed by atoms with Crippen molar-refractivity contribution in [3.8, 4) is 0 Å². The highest BCUT2D eigenvalue weighted by atomic mass is 32.1. The highest BCUT2D eigenvalue weighted by Crippen LogP contribution is 2.40. The fourth-order valence-electron chi connectivity index (χ4n) is 3.35. The number of aliphatic hydroxyl groups is 1. The fraction of sp³-hybridized carbons (Fsp3) is 0.500. The topological polar surface area (TPSA) is 49.5 Å². The number of aliphatic hydroxyl groups excluding tert-OH is 1. The van der Waals surface area contributed by atoms with Crippen LogP contribution >= 0.6 is 12.2 Å². The summed E-state index contributed by atoms with van der Waals surface area (Å²) in [5, 5.41) is 9.90. The Morgan fingerprint density at radius 1 is 1.37 bits per heavy atom. The molecule has 19 heavy (non-hydrogen) atoms. The minimum absolute atomic E-state index is 0.208. The van der Waals surface area contributed by atoms with Crippen molar-refractivity contribution in [1.82, 2.24) is 0 Å². The van der Waals surface area contributed by atoms with Gasteiger partial charge in [0.25, 0.3) is 0 Å². The molecule has 1 heterocycles. The molecule has 1 saturated carbocycles. The van der Waals surface area contributed by atoms with E-state index in [2.05, 4.69) is 0 Å². The molecular formula is C14H17FN2OS. The van der Waals surface area contributed by atoms with Crippen LogP contribution in [0.2, 0.25) is 0 Å². The lowest BCUT2D eigenvalue weighted by molar-refractivity contribution is 0.133. The molecule has 102 valence electrons. The molecule has 1 aliphatic heterocycles. The van der Waals surface area contributed by atoms with Gasteiger partial charge < -0.3 is 15.7 Å². The van der Waals surface area contributed by atoms with Gasteiger partial charge in [0.15, 0.2) is 0 Å². The van der Waals surface area contributed by atoms with Crippen LogP contribution in [0.15, 0.2) is 18.2 Å². The summed E-state index contributed by atoms with van der Waals surface area (Å²) in [4.78, 5) is 2.23. The normalized spacial score (nSPS) is 29.6. The lowest BCUT2D eigenvalue weighted by atomic mass is 10.00. The summed E-state index contributed by atoms with van der Waals surface area (Å²) in [6, 6.07) is 4.88. The second-order valence-corrected chi connectivity index (χ2v) is 5.94. The Balaban J connectivity index is 1.82. The van der Waals surface area contributed by atoms with E-state index in [9.17, 15) is 9.50 Å². The van der Waals surface area contributed by atoms with Gasteiger partial charge in [-0.15, -0.1) is 0 Å². The first-order chi connectivity index (χ1) is 9.06. The minimum atomic E-state index is -0.292. The quantitative estimate of drug-likeness (QED) is 0.809. The van der Waals surface area contributed by atoms with Gasteiger partial charge in [-0.05, 0) is 37.0 Å². The van der Waals surface area contributed by atoms with Gasteiger partial charge >= 0.3 is 0 Å². The summed E-state index contributed by atoms with van der Waals surface area (Å²) < 4.78 is 14.1. The van der Waals surface area contributed by atoms with Crippen molar-refractivity contribution in [2.75, 3.05) is 18.0 Å². The van der Waals surface area contributed by atoms with E-state index < -0.39 is 0 Å². The monoisotopic (exact) mass is 280 g/mol. The van der Waals surface area contributed by atoms with E-state index in [1.165, 1.54) is 6.07 Å². The van der Waals surface area contributed by atoms with Crippen molar-refractivity contribution in [1.29, 1.82) is 0 Å². The van der Waals surface area contributed by atoms with Gasteiger partial charge in [0.05, 0.1) is 11.8 Å². The lowest BCUT2D eigenvalue weighted by Crippen LogP contribution is -2.25. The van der Waals surface area contributed by atoms with Gasteiger partial charge in [0, 0.05) is 24.6 Å². The number of halogens is 1. The third kappa shape index (κ3) is 2.21. The molecule has 3 rings (SSSR count). The highest BCUT2D eigenvalue weighted by Gasteiger charge is 2.42. The number of rotatable bonds is 2. The molecule has 2 fully saturated rings. The summed E-state index contributed by atoms with van der Waals surface area (Å²) >= 11 is 4.84. The van der Waals surface area contributed by atoms with E-state index in [0.29, 0.717) is 17.2 Å². The summed E-state index contributed by atoms with van der Waals surface area (Å²) in [6.45, 7) is 1.56. The van der Waals surface area contributed by atoms with E-state index in [1.54, 1.807) is 12.1 Å². The number of thiocarbonyl (C=S) groups is 1. The van der Waals surface area contributed by atoms with Gasteiger partial charge in [-0.2, -0.15) is 0 Å². The Morgan fingerprint density at radius 3 is 2.79 bits per heavy atom. The molecule has 0 aromatic heterocycles. The summed E-state index contributed by atoms with van der Waals surface area (Å²) in [7, 11) is 0. The zero-order chi connectivity index (χ0) is 13.6. The number of hydrogen-bond donors (Lipinski definition) is 2. The van der Waals surface area contributed by atoms with Gasteiger partial charge in [-0.1, -0.05) is 12.2 Å². The van der Waals surface area contributed by atoms with E-state index in [-0.39, 0.29) is 22.8 Å². The van der Waals surface area contributed by atoms with E-state index in [4.69, 9.17) is 18.0 Å². The van der Waals surface area contributed by atoms with Crippen molar-refractivity contribution in [2.24, 2.45) is 17.6 Å². The standard InChI is InChI=1S/C14H17FN2OS/c15-11-5-8(14(16)19)1-3-12(11)17-6-9-2-4-13(18)10(9)7-17/h1,3,5,9-10,13,18H,2,4,6-7H2,(H2,16,19). The number of anilines is 1. The third-order valence-corrected chi connectivity index (χ3v) is 4.63. The predicted molar refractivity (Wildman–Crippen MR) is 76.7 cm³/mol. The Bertz CT molecular complexity index is 522. The second-order valence-electron chi connectivity index (χ2n) is 5.50. The number of fused-ring (bicyclic) bond motifs is 1. The second kappa shape index (κ2) is 4.72. The Morgan fingerprint density at radius 2 is 2.16 bits per heavy atom. The van der Waals surface area contributed by atoms with Gasteiger partial charge in [0.1, 0.15) is 10.8 Å². The maximum atomic E-state index is 14.1. The van der Waals surface area contributed by atoms with Crippen LogP contribution in [-0.4, -0.2) is 29.3 Å². The van der Waals surface area contributed by atoms with Crippen molar-refractivity contribution in [3.05, 3.63) is 29.6 Å². The average molecular weight is 280 g/mol. The molecule has 2 aliphatic rings. The van der Waals surface area contributed by atoms with Gasteiger partial charge in [-0.25, -0.2) is 4.39 Å². The fourth-order valence-corrected chi connectivity index (χ4v) is 3.48. The number of nitrogens with two attached hydrogens (primary N) is 1. The van der Waals surface area contributed by atoms with Crippen molar-refractivity contribution in [2.45, 2.75) is 18.9 Å². The first-order valence-electron chi connectivity index (χ1n) is 6.58. The van der Waals surface area contributed by atoms with Crippen molar-refractivity contribution in [3.63, 3.8) is 0 Å². The molecule has 0 bridgehead atoms. The minimum Gasteiger partial charge on any atom is -0.393 e. The first kappa shape index (κ1) is 12.8. The molecule has 0 amide bonds. The average Bonchev–Trinajstić information content (AvgIpc) is 2.92. The number of benzene rings is 1. The smallest absolute Gasteiger partial charge is 0.147 e. The van der Waals surface area contributed by atoms with Gasteiger partial charge in [0.2, 0.25) is 0 Å². The number of hydrogen-bond acceptors (Lipinski definition) is 3.